The SMILES string of the molecule is CC1(O)C(NC(=O)CCC(=O)O)=CC=CC1C(=O)O. The zero-order valence-electron chi connectivity index (χ0n) is 10.3. The predicted octanol–water partition coefficient (Wildman–Crippen LogP) is -0.127. The molecule has 1 aliphatic carbocycles. The molecule has 7 nitrogen and oxygen atoms in total. The van der Waals surface area contributed by atoms with Crippen molar-refractivity contribution < 1.29 is 29.7 Å². The number of carboxylic acids is 2. The van der Waals surface area contributed by atoms with Crippen LogP contribution in [0.1, 0.15) is 19.8 Å². The number of carbonyl (C=O) groups excluding carboxylic acids is 1. The summed E-state index contributed by atoms with van der Waals surface area (Å²) in [5.41, 5.74) is -1.71. The van der Waals surface area contributed by atoms with E-state index in [-0.39, 0.29) is 18.5 Å². The van der Waals surface area contributed by atoms with Crippen LogP contribution in [-0.4, -0.2) is 38.8 Å². The van der Waals surface area contributed by atoms with E-state index >= 15 is 0 Å². The minimum Gasteiger partial charge on any atom is -0.481 e. The van der Waals surface area contributed by atoms with Gasteiger partial charge in [-0.15, -0.1) is 0 Å². The maximum Gasteiger partial charge on any atom is 0.313 e. The van der Waals surface area contributed by atoms with E-state index in [1.54, 1.807) is 0 Å². The average molecular weight is 269 g/mol. The molecule has 0 aliphatic heterocycles. The molecule has 4 N–H and O–H groups in total. The highest BCUT2D eigenvalue weighted by atomic mass is 16.4. The maximum atomic E-state index is 11.5. The fourth-order valence-corrected chi connectivity index (χ4v) is 1.71. The van der Waals surface area contributed by atoms with Crippen molar-refractivity contribution in [2.75, 3.05) is 0 Å². The van der Waals surface area contributed by atoms with Gasteiger partial charge in [-0.3, -0.25) is 14.4 Å². The van der Waals surface area contributed by atoms with E-state index in [0.29, 0.717) is 0 Å². The number of rotatable bonds is 5. The Morgan fingerprint density at radius 2 is 1.95 bits per heavy atom. The molecule has 1 amide bonds. The first kappa shape index (κ1) is 14.9. The molecule has 0 aromatic rings. The number of aliphatic carboxylic acids is 2. The van der Waals surface area contributed by atoms with Crippen molar-refractivity contribution in [1.29, 1.82) is 0 Å². The summed E-state index contributed by atoms with van der Waals surface area (Å²) in [6.45, 7) is 1.28. The fraction of sp³-hybridized carbons (Fsp3) is 0.417. The molecule has 19 heavy (non-hydrogen) atoms. The molecule has 0 heterocycles. The Morgan fingerprint density at radius 3 is 2.47 bits per heavy atom. The highest BCUT2D eigenvalue weighted by molar-refractivity contribution is 5.83. The zero-order chi connectivity index (χ0) is 14.6. The first-order valence-corrected chi connectivity index (χ1v) is 5.61. The number of amides is 1. The van der Waals surface area contributed by atoms with Crippen LogP contribution in [0.4, 0.5) is 0 Å². The summed E-state index contributed by atoms with van der Waals surface area (Å²) in [7, 11) is 0. The fourth-order valence-electron chi connectivity index (χ4n) is 1.71. The van der Waals surface area contributed by atoms with E-state index in [1.807, 2.05) is 0 Å². The molecule has 0 bridgehead atoms. The molecule has 7 heteroatoms. The lowest BCUT2D eigenvalue weighted by Crippen LogP contribution is -2.47. The van der Waals surface area contributed by atoms with Gasteiger partial charge in [-0.25, -0.2) is 0 Å². The van der Waals surface area contributed by atoms with Crippen LogP contribution in [0.25, 0.3) is 0 Å². The molecule has 0 aromatic heterocycles. The van der Waals surface area contributed by atoms with Gasteiger partial charge in [-0.2, -0.15) is 0 Å². The molecular weight excluding hydrogens is 254 g/mol. The summed E-state index contributed by atoms with van der Waals surface area (Å²) < 4.78 is 0. The summed E-state index contributed by atoms with van der Waals surface area (Å²) in [5, 5.41) is 29.9. The second-order valence-corrected chi connectivity index (χ2v) is 4.37. The minimum atomic E-state index is -1.75. The Bertz CT molecular complexity index is 463. The van der Waals surface area contributed by atoms with Gasteiger partial charge in [0.05, 0.1) is 12.1 Å². The van der Waals surface area contributed by atoms with Gasteiger partial charge < -0.3 is 20.6 Å². The van der Waals surface area contributed by atoms with Crippen molar-refractivity contribution >= 4 is 17.8 Å². The van der Waals surface area contributed by atoms with Gasteiger partial charge in [-0.1, -0.05) is 12.2 Å². The van der Waals surface area contributed by atoms with Crippen molar-refractivity contribution in [3.8, 4) is 0 Å². The molecule has 0 aromatic carbocycles. The number of nitrogens with one attached hydrogen (secondary N) is 1. The van der Waals surface area contributed by atoms with Crippen LogP contribution in [0.15, 0.2) is 23.9 Å². The van der Waals surface area contributed by atoms with Gasteiger partial charge in [0.2, 0.25) is 5.91 Å². The second kappa shape index (κ2) is 5.66. The lowest BCUT2D eigenvalue weighted by atomic mass is 9.82. The second-order valence-electron chi connectivity index (χ2n) is 4.37. The third-order valence-corrected chi connectivity index (χ3v) is 2.82. The van der Waals surface area contributed by atoms with E-state index in [2.05, 4.69) is 5.32 Å². The number of carboxylic acid groups (broad SMARTS) is 2. The lowest BCUT2D eigenvalue weighted by molar-refractivity contribution is -0.146. The Kier molecular flexibility index (Phi) is 4.44. The minimum absolute atomic E-state index is 0.0396. The molecule has 0 radical (unpaired) electrons. The summed E-state index contributed by atoms with van der Waals surface area (Å²) >= 11 is 0. The highest BCUT2D eigenvalue weighted by Crippen LogP contribution is 2.29. The largest absolute Gasteiger partial charge is 0.481 e. The molecule has 2 unspecified atom stereocenters. The van der Waals surface area contributed by atoms with Gasteiger partial charge in [-0.05, 0) is 13.0 Å². The van der Waals surface area contributed by atoms with Crippen molar-refractivity contribution in [1.82, 2.24) is 5.32 Å². The lowest BCUT2D eigenvalue weighted by Gasteiger charge is -2.33. The molecule has 0 spiro atoms. The molecule has 0 saturated carbocycles. The Morgan fingerprint density at radius 1 is 1.32 bits per heavy atom. The molecule has 0 saturated heterocycles. The summed E-state index contributed by atoms with van der Waals surface area (Å²) in [5.74, 6) is -4.09. The molecular formula is C12H15NO6. The predicted molar refractivity (Wildman–Crippen MR) is 64.0 cm³/mol. The van der Waals surface area contributed by atoms with Crippen LogP contribution in [-0.2, 0) is 14.4 Å². The van der Waals surface area contributed by atoms with Crippen molar-refractivity contribution in [2.45, 2.75) is 25.4 Å². The first-order valence-electron chi connectivity index (χ1n) is 5.61. The van der Waals surface area contributed by atoms with Crippen LogP contribution >= 0.6 is 0 Å². The number of aliphatic hydroxyl groups is 1. The Hall–Kier alpha value is -2.15. The van der Waals surface area contributed by atoms with E-state index < -0.39 is 29.4 Å². The normalized spacial score (nSPS) is 25.6. The monoisotopic (exact) mass is 269 g/mol. The average Bonchev–Trinajstić information content (AvgIpc) is 2.28. The third-order valence-electron chi connectivity index (χ3n) is 2.82. The van der Waals surface area contributed by atoms with E-state index in [1.165, 1.54) is 25.2 Å². The topological polar surface area (TPSA) is 124 Å². The quantitative estimate of drug-likeness (QED) is 0.551. The van der Waals surface area contributed by atoms with E-state index in [0.717, 1.165) is 0 Å². The van der Waals surface area contributed by atoms with Crippen LogP contribution in [0.2, 0.25) is 0 Å². The summed E-state index contributed by atoms with van der Waals surface area (Å²) in [4.78, 5) is 32.8. The van der Waals surface area contributed by atoms with Crippen LogP contribution in [0.3, 0.4) is 0 Å². The van der Waals surface area contributed by atoms with Crippen LogP contribution in [0.5, 0.6) is 0 Å². The number of allylic oxidation sites excluding steroid dienone is 2. The van der Waals surface area contributed by atoms with Crippen LogP contribution in [0, 0.1) is 5.92 Å². The summed E-state index contributed by atoms with van der Waals surface area (Å²) in [6.07, 6.45) is 3.54. The first-order chi connectivity index (χ1) is 8.75. The maximum absolute atomic E-state index is 11.5. The molecule has 2 atom stereocenters. The zero-order valence-corrected chi connectivity index (χ0v) is 10.3. The van der Waals surface area contributed by atoms with Gasteiger partial charge in [0.15, 0.2) is 0 Å². The standard InChI is InChI=1S/C12H15NO6/c1-12(19)7(11(17)18)3-2-4-8(12)13-9(14)5-6-10(15)16/h2-4,7,19H,5-6H2,1H3,(H,13,14)(H,15,16)(H,17,18). The van der Waals surface area contributed by atoms with Gasteiger partial charge in [0.1, 0.15) is 11.5 Å². The Balaban J connectivity index is 2.75. The third kappa shape index (κ3) is 3.65. The number of hydrogen-bond donors (Lipinski definition) is 4. The molecule has 1 aliphatic rings. The van der Waals surface area contributed by atoms with Crippen molar-refractivity contribution in [3.63, 3.8) is 0 Å². The molecule has 104 valence electrons. The smallest absolute Gasteiger partial charge is 0.313 e. The van der Waals surface area contributed by atoms with E-state index in [4.69, 9.17) is 10.2 Å². The van der Waals surface area contributed by atoms with Crippen molar-refractivity contribution in [3.05, 3.63) is 23.9 Å². The molecule has 0 fully saturated rings. The van der Waals surface area contributed by atoms with Gasteiger partial charge >= 0.3 is 11.9 Å². The highest BCUT2D eigenvalue weighted by Gasteiger charge is 2.41. The van der Waals surface area contributed by atoms with E-state index in [9.17, 15) is 19.5 Å². The summed E-state index contributed by atoms with van der Waals surface area (Å²) in [6, 6.07) is 0. The Labute approximate surface area is 109 Å². The number of hydrogen-bond acceptors (Lipinski definition) is 4. The van der Waals surface area contributed by atoms with Crippen LogP contribution < -0.4 is 5.32 Å². The number of carbonyl (C=O) groups is 3. The van der Waals surface area contributed by atoms with Gasteiger partial charge in [0.25, 0.3) is 0 Å². The molecule has 1 rings (SSSR count). The van der Waals surface area contributed by atoms with Gasteiger partial charge in [0, 0.05) is 6.42 Å². The van der Waals surface area contributed by atoms with Crippen molar-refractivity contribution in [2.24, 2.45) is 5.92 Å².